The summed E-state index contributed by atoms with van der Waals surface area (Å²) in [6.07, 6.45) is 3.78. The van der Waals surface area contributed by atoms with Gasteiger partial charge in [-0.1, -0.05) is 11.6 Å². The van der Waals surface area contributed by atoms with Crippen LogP contribution in [0.25, 0.3) is 0 Å². The number of anilines is 1. The Hall–Kier alpha value is -1.59. The van der Waals surface area contributed by atoms with Crippen molar-refractivity contribution in [1.29, 1.82) is 0 Å². The molecule has 0 atom stereocenters. The molecule has 2 N–H and O–H groups in total. The number of rotatable bonds is 4. The third-order valence-corrected chi connectivity index (χ3v) is 4.77. The Labute approximate surface area is 134 Å². The molecular weight excluding hydrogens is 304 g/mol. The quantitative estimate of drug-likeness (QED) is 0.892. The lowest BCUT2D eigenvalue weighted by Gasteiger charge is -2.36. The summed E-state index contributed by atoms with van der Waals surface area (Å²) >= 11 is 6.11. The van der Waals surface area contributed by atoms with Crippen molar-refractivity contribution in [2.24, 2.45) is 0 Å². The van der Waals surface area contributed by atoms with Gasteiger partial charge in [-0.2, -0.15) is 0 Å². The molecule has 2 fully saturated rings. The van der Waals surface area contributed by atoms with E-state index >= 15 is 0 Å². The van der Waals surface area contributed by atoms with Gasteiger partial charge in [0.1, 0.15) is 0 Å². The van der Waals surface area contributed by atoms with E-state index in [2.05, 4.69) is 5.32 Å². The van der Waals surface area contributed by atoms with Crippen LogP contribution in [0.2, 0.25) is 5.02 Å². The molecule has 22 heavy (non-hydrogen) atoms. The van der Waals surface area contributed by atoms with Crippen LogP contribution in [0.3, 0.4) is 0 Å². The summed E-state index contributed by atoms with van der Waals surface area (Å²) in [7, 11) is 0. The predicted molar refractivity (Wildman–Crippen MR) is 84.2 cm³/mol. The Balaban J connectivity index is 1.74. The molecule has 0 aromatic heterocycles. The molecule has 3 rings (SSSR count). The second-order valence-corrected chi connectivity index (χ2v) is 6.48. The molecule has 118 valence electrons. The topological polar surface area (TPSA) is 69.6 Å². The zero-order valence-electron chi connectivity index (χ0n) is 12.3. The zero-order chi connectivity index (χ0) is 15.7. The van der Waals surface area contributed by atoms with Gasteiger partial charge in [0, 0.05) is 25.2 Å². The average Bonchev–Trinajstić information content (AvgIpc) is 2.89. The van der Waals surface area contributed by atoms with Crippen LogP contribution in [-0.4, -0.2) is 35.6 Å². The lowest BCUT2D eigenvalue weighted by atomic mass is 9.80. The predicted octanol–water partition coefficient (Wildman–Crippen LogP) is 2.11. The van der Waals surface area contributed by atoms with Crippen LogP contribution in [-0.2, 0) is 4.79 Å². The van der Waals surface area contributed by atoms with E-state index < -0.39 is 5.60 Å². The molecule has 2 aliphatic rings. The first kappa shape index (κ1) is 15.3. The normalized spacial score (nSPS) is 19.9. The third-order valence-electron chi connectivity index (χ3n) is 4.44. The highest BCUT2D eigenvalue weighted by Crippen LogP contribution is 2.31. The van der Waals surface area contributed by atoms with Crippen LogP contribution in [0.1, 0.15) is 42.5 Å². The summed E-state index contributed by atoms with van der Waals surface area (Å²) in [4.78, 5) is 25.8. The Morgan fingerprint density at radius 1 is 1.36 bits per heavy atom. The molecule has 1 saturated carbocycles. The Morgan fingerprint density at radius 2 is 2.14 bits per heavy atom. The van der Waals surface area contributed by atoms with E-state index in [0.717, 1.165) is 12.8 Å². The molecule has 6 heteroatoms. The Kier molecular flexibility index (Phi) is 4.10. The number of nitrogens with zero attached hydrogens (tertiary/aromatic N) is 1. The van der Waals surface area contributed by atoms with Crippen molar-refractivity contribution in [3.05, 3.63) is 28.8 Å². The van der Waals surface area contributed by atoms with Crippen LogP contribution < -0.4 is 10.2 Å². The fraction of sp³-hybridized carbons (Fsp3) is 0.500. The maximum Gasteiger partial charge on any atom is 0.252 e. The van der Waals surface area contributed by atoms with E-state index in [1.807, 2.05) is 0 Å². The van der Waals surface area contributed by atoms with Crippen LogP contribution in [0.5, 0.6) is 0 Å². The highest BCUT2D eigenvalue weighted by Gasteiger charge is 2.34. The van der Waals surface area contributed by atoms with Gasteiger partial charge in [0.15, 0.2) is 0 Å². The number of halogens is 1. The maximum atomic E-state index is 12.3. The smallest absolute Gasteiger partial charge is 0.252 e. The lowest BCUT2D eigenvalue weighted by Crippen LogP contribution is -2.47. The number of benzene rings is 1. The summed E-state index contributed by atoms with van der Waals surface area (Å²) in [5.41, 5.74) is 0.256. The fourth-order valence-electron chi connectivity index (χ4n) is 2.88. The van der Waals surface area contributed by atoms with Crippen molar-refractivity contribution in [2.45, 2.75) is 37.7 Å². The molecule has 1 aromatic rings. The third kappa shape index (κ3) is 2.96. The molecule has 0 radical (unpaired) electrons. The van der Waals surface area contributed by atoms with Crippen LogP contribution in [0, 0.1) is 0 Å². The first-order valence-corrected chi connectivity index (χ1v) is 7.97. The van der Waals surface area contributed by atoms with Crippen LogP contribution in [0.4, 0.5) is 5.69 Å². The second-order valence-electron chi connectivity index (χ2n) is 6.07. The van der Waals surface area contributed by atoms with Gasteiger partial charge in [-0.3, -0.25) is 9.59 Å². The summed E-state index contributed by atoms with van der Waals surface area (Å²) in [6.45, 7) is 0.899. The minimum Gasteiger partial charge on any atom is -0.388 e. The molecule has 2 amide bonds. The number of hydrogen-bond donors (Lipinski definition) is 2. The molecule has 0 spiro atoms. The van der Waals surface area contributed by atoms with Gasteiger partial charge < -0.3 is 15.3 Å². The second kappa shape index (κ2) is 5.89. The van der Waals surface area contributed by atoms with Gasteiger partial charge in [0.05, 0.1) is 16.2 Å². The monoisotopic (exact) mass is 322 g/mol. The number of amides is 2. The molecule has 5 nitrogen and oxygen atoms in total. The number of hydrogen-bond acceptors (Lipinski definition) is 3. The van der Waals surface area contributed by atoms with Gasteiger partial charge in [-0.15, -0.1) is 0 Å². The molecule has 1 aliphatic heterocycles. The highest BCUT2D eigenvalue weighted by molar-refractivity contribution is 6.34. The number of nitrogens with one attached hydrogen (secondary N) is 1. The average molecular weight is 323 g/mol. The van der Waals surface area contributed by atoms with Crippen LogP contribution in [0.15, 0.2) is 18.2 Å². The van der Waals surface area contributed by atoms with E-state index in [1.54, 1.807) is 23.1 Å². The number of carbonyl (C=O) groups excluding carboxylic acids is 2. The van der Waals surface area contributed by atoms with Crippen LogP contribution >= 0.6 is 11.6 Å². The molecule has 0 unspecified atom stereocenters. The van der Waals surface area contributed by atoms with Gasteiger partial charge >= 0.3 is 0 Å². The fourth-order valence-corrected chi connectivity index (χ4v) is 3.08. The minimum atomic E-state index is -0.773. The molecule has 1 aliphatic carbocycles. The highest BCUT2D eigenvalue weighted by atomic mass is 35.5. The van der Waals surface area contributed by atoms with E-state index in [0.29, 0.717) is 42.1 Å². The van der Waals surface area contributed by atoms with Crippen molar-refractivity contribution in [2.75, 3.05) is 18.0 Å². The summed E-state index contributed by atoms with van der Waals surface area (Å²) < 4.78 is 0. The standard InChI is InChI=1S/C16H19ClN2O3/c17-13-5-4-11(19-8-1-3-14(19)20)9-12(13)15(21)18-10-16(22)6-2-7-16/h4-5,9,22H,1-3,6-8,10H2,(H,18,21). The SMILES string of the molecule is O=C(NCC1(O)CCC1)c1cc(N2CCCC2=O)ccc1Cl. The van der Waals surface area contributed by atoms with E-state index in [1.165, 1.54) is 0 Å². The molecule has 1 heterocycles. The largest absolute Gasteiger partial charge is 0.388 e. The molecule has 0 bridgehead atoms. The van der Waals surface area contributed by atoms with Gasteiger partial charge in [-0.05, 0) is 43.9 Å². The number of aliphatic hydroxyl groups is 1. The summed E-state index contributed by atoms with van der Waals surface area (Å²) in [6, 6.07) is 5.03. The van der Waals surface area contributed by atoms with E-state index in [9.17, 15) is 14.7 Å². The van der Waals surface area contributed by atoms with Gasteiger partial charge in [0.25, 0.3) is 5.91 Å². The molecule has 1 aromatic carbocycles. The lowest BCUT2D eigenvalue weighted by molar-refractivity contribution is -0.117. The van der Waals surface area contributed by atoms with Crippen molar-refractivity contribution in [3.63, 3.8) is 0 Å². The Morgan fingerprint density at radius 3 is 2.73 bits per heavy atom. The summed E-state index contributed by atoms with van der Waals surface area (Å²) in [5.74, 6) is -0.253. The first-order valence-electron chi connectivity index (χ1n) is 7.59. The van der Waals surface area contributed by atoms with Crippen molar-refractivity contribution >= 4 is 29.1 Å². The number of carbonyl (C=O) groups is 2. The minimum absolute atomic E-state index is 0.0671. The first-order chi connectivity index (χ1) is 10.5. The van der Waals surface area contributed by atoms with Gasteiger partial charge in [0.2, 0.25) is 5.91 Å². The van der Waals surface area contributed by atoms with Crippen molar-refractivity contribution in [3.8, 4) is 0 Å². The maximum absolute atomic E-state index is 12.3. The van der Waals surface area contributed by atoms with Crippen molar-refractivity contribution in [1.82, 2.24) is 5.32 Å². The van der Waals surface area contributed by atoms with Crippen molar-refractivity contribution < 1.29 is 14.7 Å². The van der Waals surface area contributed by atoms with E-state index in [4.69, 9.17) is 11.6 Å². The summed E-state index contributed by atoms with van der Waals surface area (Å²) in [5, 5.41) is 13.1. The van der Waals surface area contributed by atoms with E-state index in [-0.39, 0.29) is 18.4 Å². The zero-order valence-corrected chi connectivity index (χ0v) is 13.0. The van der Waals surface area contributed by atoms with Gasteiger partial charge in [-0.25, -0.2) is 0 Å². The molecule has 1 saturated heterocycles. The molecular formula is C16H19ClN2O3. The Bertz CT molecular complexity index is 613.